The molecule has 0 fully saturated rings. The standard InChI is InChI=1S/C32H28FN7O4.H2/c1-31(30(34)42)17-44-28-23(31)14-25(40-27(28)18-5-7-21(33)8-6-18)32(2,43)16-36-29(41)20-12-19-4-3-10-35-26(19)24(13-20)39-22-9-11-37-38-15-22;/h3-15,43H,16-17H2,1-2H3,(H2,34,42)(H,36,41)(H,37,39);1H/t31-,32-;/m0./s1. The van der Waals surface area contributed by atoms with Crippen LogP contribution in [-0.2, 0) is 15.8 Å². The quantitative estimate of drug-likeness (QED) is 0.208. The first kappa shape index (κ1) is 28.6. The molecule has 0 unspecified atom stereocenters. The van der Waals surface area contributed by atoms with Gasteiger partial charge in [0.1, 0.15) is 34.9 Å². The number of fused-ring (bicyclic) bond motifs is 2. The van der Waals surface area contributed by atoms with Gasteiger partial charge in [0.15, 0.2) is 0 Å². The molecule has 6 rings (SSSR count). The lowest BCUT2D eigenvalue weighted by atomic mass is 9.82. The number of carbonyl (C=O) groups excluding carboxylic acids is 2. The maximum atomic E-state index is 13.7. The van der Waals surface area contributed by atoms with Crippen LogP contribution in [0.1, 0.15) is 36.9 Å². The molecule has 44 heavy (non-hydrogen) atoms. The molecule has 2 aromatic carbocycles. The number of nitrogens with two attached hydrogens (primary N) is 1. The van der Waals surface area contributed by atoms with Gasteiger partial charge in [-0.05, 0) is 68.4 Å². The highest BCUT2D eigenvalue weighted by Crippen LogP contribution is 2.45. The molecule has 1 aliphatic rings. The first-order valence-electron chi connectivity index (χ1n) is 13.7. The van der Waals surface area contributed by atoms with Crippen LogP contribution in [0.2, 0.25) is 0 Å². The molecule has 0 radical (unpaired) electrons. The first-order valence-corrected chi connectivity index (χ1v) is 13.7. The molecule has 2 atom stereocenters. The molecule has 12 heteroatoms. The Morgan fingerprint density at radius 1 is 1.14 bits per heavy atom. The molecular formula is C32H30FN7O4. The van der Waals surface area contributed by atoms with E-state index in [9.17, 15) is 19.1 Å². The molecular weight excluding hydrogens is 565 g/mol. The fourth-order valence-electron chi connectivity index (χ4n) is 5.05. The fraction of sp³-hybridized carbons (Fsp3) is 0.188. The number of hydrogen-bond acceptors (Lipinski definition) is 9. The Morgan fingerprint density at radius 2 is 1.93 bits per heavy atom. The first-order chi connectivity index (χ1) is 21.0. The number of hydrogen-bond donors (Lipinski definition) is 4. The molecule has 0 saturated heterocycles. The summed E-state index contributed by atoms with van der Waals surface area (Å²) in [4.78, 5) is 35.0. The largest absolute Gasteiger partial charge is 0.489 e. The summed E-state index contributed by atoms with van der Waals surface area (Å²) < 4.78 is 19.6. The van der Waals surface area contributed by atoms with E-state index >= 15 is 0 Å². The molecule has 4 heterocycles. The summed E-state index contributed by atoms with van der Waals surface area (Å²) >= 11 is 0. The van der Waals surface area contributed by atoms with Crippen molar-refractivity contribution in [2.24, 2.45) is 5.73 Å². The van der Waals surface area contributed by atoms with E-state index in [1.54, 1.807) is 55.8 Å². The minimum Gasteiger partial charge on any atom is -0.489 e. The monoisotopic (exact) mass is 595 g/mol. The molecule has 0 bridgehead atoms. The van der Waals surface area contributed by atoms with Gasteiger partial charge < -0.3 is 26.2 Å². The lowest BCUT2D eigenvalue weighted by Crippen LogP contribution is -2.41. The summed E-state index contributed by atoms with van der Waals surface area (Å²) in [6, 6.07) is 15.9. The summed E-state index contributed by atoms with van der Waals surface area (Å²) in [7, 11) is 0. The van der Waals surface area contributed by atoms with Crippen molar-refractivity contribution in [2.75, 3.05) is 18.5 Å². The van der Waals surface area contributed by atoms with Crippen LogP contribution in [0.15, 0.2) is 79.3 Å². The lowest BCUT2D eigenvalue weighted by molar-refractivity contribution is -0.123. The smallest absolute Gasteiger partial charge is 0.251 e. The number of nitrogens with one attached hydrogen (secondary N) is 2. The van der Waals surface area contributed by atoms with Gasteiger partial charge in [-0.3, -0.25) is 14.6 Å². The number of benzene rings is 2. The molecule has 224 valence electrons. The number of pyridine rings is 2. The fourth-order valence-corrected chi connectivity index (χ4v) is 5.05. The summed E-state index contributed by atoms with van der Waals surface area (Å²) in [5, 5.41) is 26.0. The van der Waals surface area contributed by atoms with Crippen LogP contribution in [-0.4, -0.2) is 50.2 Å². The van der Waals surface area contributed by atoms with Gasteiger partial charge in [0, 0.05) is 29.7 Å². The third-order valence-corrected chi connectivity index (χ3v) is 7.71. The van der Waals surface area contributed by atoms with E-state index < -0.39 is 28.6 Å². The van der Waals surface area contributed by atoms with E-state index in [0.29, 0.717) is 45.0 Å². The molecule has 0 saturated carbocycles. The molecule has 3 aromatic heterocycles. The highest BCUT2D eigenvalue weighted by atomic mass is 19.1. The number of aliphatic hydroxyl groups is 1. The third kappa shape index (κ3) is 5.26. The van der Waals surface area contributed by atoms with Gasteiger partial charge in [0.05, 0.1) is 41.5 Å². The number of nitrogens with zero attached hydrogens (tertiary/aromatic N) is 4. The van der Waals surface area contributed by atoms with Gasteiger partial charge in [-0.15, -0.1) is 0 Å². The SMILES string of the molecule is C[C@](O)(CNC(=O)c1cc(Nc2ccnnc2)c2ncccc2c1)c1cc2c(c(-c3ccc(F)cc3)n1)OC[C@]2(C)C(N)=O.[HH]. The van der Waals surface area contributed by atoms with E-state index in [2.05, 4.69) is 30.8 Å². The van der Waals surface area contributed by atoms with Crippen LogP contribution in [0.25, 0.3) is 22.2 Å². The number of halogens is 1. The van der Waals surface area contributed by atoms with Crippen LogP contribution in [0.5, 0.6) is 5.75 Å². The maximum Gasteiger partial charge on any atom is 0.251 e. The normalized spacial score (nSPS) is 16.9. The van der Waals surface area contributed by atoms with Gasteiger partial charge in [0.25, 0.3) is 5.91 Å². The maximum absolute atomic E-state index is 13.7. The second-order valence-corrected chi connectivity index (χ2v) is 11.0. The number of primary amides is 1. The Morgan fingerprint density at radius 3 is 2.66 bits per heavy atom. The molecule has 0 spiro atoms. The van der Waals surface area contributed by atoms with Crippen molar-refractivity contribution in [3.05, 3.63) is 102 Å². The van der Waals surface area contributed by atoms with Crippen molar-refractivity contribution in [1.82, 2.24) is 25.5 Å². The summed E-state index contributed by atoms with van der Waals surface area (Å²) in [5.74, 6) is -1.16. The summed E-state index contributed by atoms with van der Waals surface area (Å²) in [5.41, 5.74) is 6.57. The minimum atomic E-state index is -1.69. The van der Waals surface area contributed by atoms with Crippen LogP contribution in [0, 0.1) is 5.82 Å². The van der Waals surface area contributed by atoms with Crippen molar-refractivity contribution < 1.29 is 25.2 Å². The number of aromatic nitrogens is 4. The average Bonchev–Trinajstić information content (AvgIpc) is 3.38. The second kappa shape index (κ2) is 11.0. The Kier molecular flexibility index (Phi) is 7.14. The van der Waals surface area contributed by atoms with E-state index in [0.717, 1.165) is 5.39 Å². The third-order valence-electron chi connectivity index (χ3n) is 7.71. The van der Waals surface area contributed by atoms with Gasteiger partial charge in [0.2, 0.25) is 5.91 Å². The number of anilines is 2. The predicted octanol–water partition coefficient (Wildman–Crippen LogP) is 3.99. The Hall–Kier alpha value is -5.49. The van der Waals surface area contributed by atoms with Crippen LogP contribution in [0.4, 0.5) is 15.8 Å². The van der Waals surface area contributed by atoms with Crippen LogP contribution < -0.4 is 21.1 Å². The summed E-state index contributed by atoms with van der Waals surface area (Å²) in [6.45, 7) is 2.91. The van der Waals surface area contributed by atoms with E-state index in [4.69, 9.17) is 10.5 Å². The average molecular weight is 596 g/mol. The van der Waals surface area contributed by atoms with Gasteiger partial charge in [-0.1, -0.05) is 6.07 Å². The molecule has 0 aliphatic carbocycles. The van der Waals surface area contributed by atoms with Gasteiger partial charge in [-0.25, -0.2) is 9.37 Å². The van der Waals surface area contributed by atoms with E-state index in [1.807, 2.05) is 6.07 Å². The van der Waals surface area contributed by atoms with E-state index in [-0.39, 0.29) is 20.3 Å². The molecule has 5 N–H and O–H groups in total. The Balaban J connectivity index is 0.00000400. The number of carbonyl (C=O) groups is 2. The second-order valence-electron chi connectivity index (χ2n) is 11.0. The molecule has 2 amide bonds. The van der Waals surface area contributed by atoms with Crippen molar-refractivity contribution in [3.8, 4) is 17.0 Å². The van der Waals surface area contributed by atoms with Crippen LogP contribution in [0.3, 0.4) is 0 Å². The number of ether oxygens (including phenoxy) is 1. The van der Waals surface area contributed by atoms with Crippen molar-refractivity contribution in [2.45, 2.75) is 24.9 Å². The molecule has 5 aromatic rings. The van der Waals surface area contributed by atoms with Crippen molar-refractivity contribution in [3.63, 3.8) is 0 Å². The summed E-state index contributed by atoms with van der Waals surface area (Å²) in [6.07, 6.45) is 4.76. The van der Waals surface area contributed by atoms with Gasteiger partial charge in [-0.2, -0.15) is 10.2 Å². The van der Waals surface area contributed by atoms with Crippen molar-refractivity contribution >= 4 is 34.1 Å². The minimum absolute atomic E-state index is 0. The zero-order valence-corrected chi connectivity index (χ0v) is 23.8. The topological polar surface area (TPSA) is 165 Å². The zero-order chi connectivity index (χ0) is 31.1. The van der Waals surface area contributed by atoms with Crippen molar-refractivity contribution in [1.29, 1.82) is 0 Å². The highest BCUT2D eigenvalue weighted by Gasteiger charge is 2.45. The molecule has 1 aliphatic heterocycles. The molecule has 11 nitrogen and oxygen atoms in total. The number of amides is 2. The predicted molar refractivity (Wildman–Crippen MR) is 163 cm³/mol. The van der Waals surface area contributed by atoms with E-state index in [1.165, 1.54) is 31.2 Å². The highest BCUT2D eigenvalue weighted by molar-refractivity contribution is 6.02. The van der Waals surface area contributed by atoms with Gasteiger partial charge >= 0.3 is 0 Å². The Bertz CT molecular complexity index is 1910. The van der Waals surface area contributed by atoms with Crippen LogP contribution >= 0.6 is 0 Å². The lowest BCUT2D eigenvalue weighted by Gasteiger charge is -2.26. The number of rotatable bonds is 8. The zero-order valence-electron chi connectivity index (χ0n) is 23.8. The Labute approximate surface area is 252 Å².